The zero-order valence-corrected chi connectivity index (χ0v) is 14.0. The van der Waals surface area contributed by atoms with E-state index in [-0.39, 0.29) is 13.6 Å². The van der Waals surface area contributed by atoms with Gasteiger partial charge in [-0.15, -0.1) is 11.3 Å². The van der Waals surface area contributed by atoms with Gasteiger partial charge in [-0.1, -0.05) is 0 Å². The number of sulfonamides is 1. The summed E-state index contributed by atoms with van der Waals surface area (Å²) in [6, 6.07) is 1.05. The van der Waals surface area contributed by atoms with Crippen molar-refractivity contribution in [1.82, 2.24) is 4.31 Å². The highest BCUT2D eigenvalue weighted by Gasteiger charge is 2.31. The van der Waals surface area contributed by atoms with Crippen LogP contribution >= 0.6 is 27.3 Å². The normalized spacial score (nSPS) is 12.1. The highest BCUT2D eigenvalue weighted by atomic mass is 79.9. The van der Waals surface area contributed by atoms with Gasteiger partial charge in [-0.2, -0.15) is 4.31 Å². The molecular formula is C10H12BrF2NO5S2. The van der Waals surface area contributed by atoms with E-state index in [9.17, 15) is 22.0 Å². The molecule has 1 aromatic rings. The second-order valence-corrected chi connectivity index (χ2v) is 7.99. The molecule has 0 aliphatic carbocycles. The number of rotatable bonds is 7. The molecule has 21 heavy (non-hydrogen) atoms. The molecule has 0 saturated heterocycles. The number of halogens is 3. The molecule has 0 aliphatic heterocycles. The molecule has 1 rings (SSSR count). The minimum atomic E-state index is -4.26. The summed E-state index contributed by atoms with van der Waals surface area (Å²) in [5.74, 6) is -0.732. The lowest BCUT2D eigenvalue weighted by molar-refractivity contribution is 0.0606. The first-order valence-electron chi connectivity index (χ1n) is 5.50. The smallest absolute Gasteiger partial charge is 0.348 e. The van der Waals surface area contributed by atoms with E-state index in [1.807, 2.05) is 0 Å². The number of thiophene rings is 1. The summed E-state index contributed by atoms with van der Waals surface area (Å²) in [5, 5.41) is 8.83. The fourth-order valence-corrected chi connectivity index (χ4v) is 5.28. The van der Waals surface area contributed by atoms with Gasteiger partial charge in [0.2, 0.25) is 10.0 Å². The van der Waals surface area contributed by atoms with Gasteiger partial charge in [0.1, 0.15) is 9.77 Å². The molecule has 11 heteroatoms. The van der Waals surface area contributed by atoms with Crippen molar-refractivity contribution in [2.75, 3.05) is 26.8 Å². The average molecular weight is 408 g/mol. The lowest BCUT2D eigenvalue weighted by Crippen LogP contribution is -2.37. The van der Waals surface area contributed by atoms with Crippen molar-refractivity contribution < 1.29 is 31.8 Å². The molecule has 0 saturated carbocycles. The van der Waals surface area contributed by atoms with Gasteiger partial charge in [0.05, 0.1) is 24.0 Å². The van der Waals surface area contributed by atoms with E-state index in [0.29, 0.717) is 4.31 Å². The SMILES string of the molecule is COC(=O)c1cc(S(=O)(=O)N(CCO)CC(F)F)c(Br)s1. The molecule has 0 amide bonds. The summed E-state index contributed by atoms with van der Waals surface area (Å²) in [6.07, 6.45) is -2.89. The summed E-state index contributed by atoms with van der Waals surface area (Å²) < 4.78 is 54.6. The first-order valence-corrected chi connectivity index (χ1v) is 8.55. The first kappa shape index (κ1) is 18.4. The maximum absolute atomic E-state index is 12.5. The standard InChI is InChI=1S/C10H12BrF2NO5S2/c1-19-10(16)6-4-7(9(11)20-6)21(17,18)14(2-3-15)5-8(12)13/h4,8,15H,2-3,5H2,1H3. The van der Waals surface area contributed by atoms with Gasteiger partial charge in [0, 0.05) is 6.54 Å². The van der Waals surface area contributed by atoms with Crippen molar-refractivity contribution >= 4 is 43.3 Å². The number of ether oxygens (including phenoxy) is 1. The van der Waals surface area contributed by atoms with Gasteiger partial charge in [0.15, 0.2) is 0 Å². The van der Waals surface area contributed by atoms with Gasteiger partial charge in [-0.05, 0) is 22.0 Å². The van der Waals surface area contributed by atoms with E-state index in [1.54, 1.807) is 0 Å². The third-order valence-electron chi connectivity index (χ3n) is 2.35. The molecule has 0 radical (unpaired) electrons. The Morgan fingerprint density at radius 3 is 2.67 bits per heavy atom. The Balaban J connectivity index is 3.21. The molecule has 0 aromatic carbocycles. The first-order chi connectivity index (χ1) is 9.73. The van der Waals surface area contributed by atoms with Crippen LogP contribution in [0.25, 0.3) is 0 Å². The second-order valence-electron chi connectivity index (χ2n) is 3.72. The Hall–Kier alpha value is -0.620. The number of aliphatic hydroxyl groups excluding tert-OH is 1. The molecule has 0 fully saturated rings. The molecule has 1 N–H and O–H groups in total. The van der Waals surface area contributed by atoms with Crippen molar-refractivity contribution in [3.63, 3.8) is 0 Å². The quantitative estimate of drug-likeness (QED) is 0.693. The Bertz CT molecular complexity index is 605. The summed E-state index contributed by atoms with van der Waals surface area (Å²) >= 11 is 3.81. The topological polar surface area (TPSA) is 83.9 Å². The summed E-state index contributed by atoms with van der Waals surface area (Å²) in [7, 11) is -3.12. The zero-order chi connectivity index (χ0) is 16.2. The molecule has 0 atom stereocenters. The molecule has 0 unspecified atom stereocenters. The van der Waals surface area contributed by atoms with Crippen LogP contribution in [0.1, 0.15) is 9.67 Å². The monoisotopic (exact) mass is 407 g/mol. The molecule has 0 bridgehead atoms. The van der Waals surface area contributed by atoms with E-state index in [1.165, 1.54) is 0 Å². The van der Waals surface area contributed by atoms with Crippen LogP contribution in [0, 0.1) is 0 Å². The third-order valence-corrected chi connectivity index (χ3v) is 6.45. The molecule has 6 nitrogen and oxygen atoms in total. The lowest BCUT2D eigenvalue weighted by Gasteiger charge is -2.20. The van der Waals surface area contributed by atoms with Crippen LogP contribution in [0.15, 0.2) is 14.7 Å². The number of alkyl halides is 2. The van der Waals surface area contributed by atoms with Crippen molar-refractivity contribution in [3.8, 4) is 0 Å². The number of nitrogens with zero attached hydrogens (tertiary/aromatic N) is 1. The van der Waals surface area contributed by atoms with Crippen LogP contribution in [0.5, 0.6) is 0 Å². The molecule has 1 heterocycles. The Labute approximate surface area is 132 Å². The van der Waals surface area contributed by atoms with E-state index in [0.717, 1.165) is 24.5 Å². The van der Waals surface area contributed by atoms with Gasteiger partial charge < -0.3 is 9.84 Å². The Morgan fingerprint density at radius 1 is 1.57 bits per heavy atom. The fraction of sp³-hybridized carbons (Fsp3) is 0.500. The molecule has 1 aromatic heterocycles. The lowest BCUT2D eigenvalue weighted by atomic mass is 10.5. The van der Waals surface area contributed by atoms with Crippen LogP contribution < -0.4 is 0 Å². The summed E-state index contributed by atoms with van der Waals surface area (Å²) in [4.78, 5) is 11.1. The largest absolute Gasteiger partial charge is 0.465 e. The molecule has 0 spiro atoms. The maximum Gasteiger partial charge on any atom is 0.348 e. The van der Waals surface area contributed by atoms with Crippen molar-refractivity contribution in [1.29, 1.82) is 0 Å². The molecular weight excluding hydrogens is 396 g/mol. The van der Waals surface area contributed by atoms with Crippen molar-refractivity contribution in [2.24, 2.45) is 0 Å². The van der Waals surface area contributed by atoms with Gasteiger partial charge in [0.25, 0.3) is 6.43 Å². The van der Waals surface area contributed by atoms with Gasteiger partial charge in [-0.3, -0.25) is 0 Å². The summed E-state index contributed by atoms with van der Waals surface area (Å²) in [6.45, 7) is -2.11. The number of hydrogen-bond donors (Lipinski definition) is 1. The zero-order valence-electron chi connectivity index (χ0n) is 10.8. The number of carbonyl (C=O) groups is 1. The summed E-state index contributed by atoms with van der Waals surface area (Å²) in [5.41, 5.74) is 0. The van der Waals surface area contributed by atoms with Crippen LogP contribution in [-0.4, -0.2) is 57.0 Å². The number of carbonyl (C=O) groups excluding carboxylic acids is 1. The third kappa shape index (κ3) is 4.42. The highest BCUT2D eigenvalue weighted by molar-refractivity contribution is 9.11. The van der Waals surface area contributed by atoms with E-state index in [4.69, 9.17) is 5.11 Å². The minimum Gasteiger partial charge on any atom is -0.465 e. The van der Waals surface area contributed by atoms with Crippen molar-refractivity contribution in [3.05, 3.63) is 14.7 Å². The Kier molecular flexibility index (Phi) is 6.66. The minimum absolute atomic E-state index is 0.0175. The number of hydrogen-bond acceptors (Lipinski definition) is 6. The maximum atomic E-state index is 12.5. The van der Waals surface area contributed by atoms with Crippen LogP contribution in [0.2, 0.25) is 0 Å². The van der Waals surface area contributed by atoms with E-state index < -0.39 is 42.1 Å². The average Bonchev–Trinajstić information content (AvgIpc) is 2.79. The number of aliphatic hydroxyl groups is 1. The predicted molar refractivity (Wildman–Crippen MR) is 75.2 cm³/mol. The second kappa shape index (κ2) is 7.58. The molecule has 120 valence electrons. The fourth-order valence-electron chi connectivity index (χ4n) is 1.44. The van der Waals surface area contributed by atoms with Gasteiger partial charge >= 0.3 is 5.97 Å². The number of methoxy groups -OCH3 is 1. The predicted octanol–water partition coefficient (Wildman–Crippen LogP) is 1.55. The van der Waals surface area contributed by atoms with Crippen LogP contribution in [-0.2, 0) is 14.8 Å². The van der Waals surface area contributed by atoms with Crippen molar-refractivity contribution in [2.45, 2.75) is 11.3 Å². The van der Waals surface area contributed by atoms with E-state index in [2.05, 4.69) is 20.7 Å². The molecule has 0 aliphatic rings. The van der Waals surface area contributed by atoms with E-state index >= 15 is 0 Å². The highest BCUT2D eigenvalue weighted by Crippen LogP contribution is 2.34. The van der Waals surface area contributed by atoms with Crippen LogP contribution in [0.4, 0.5) is 8.78 Å². The Morgan fingerprint density at radius 2 is 2.19 bits per heavy atom. The number of esters is 1. The van der Waals surface area contributed by atoms with Crippen LogP contribution in [0.3, 0.4) is 0 Å². The van der Waals surface area contributed by atoms with Gasteiger partial charge in [-0.25, -0.2) is 22.0 Å².